The largest absolute Gasteiger partial charge is 0.493 e. The molecule has 0 saturated heterocycles. The molecule has 0 saturated carbocycles. The zero-order valence-corrected chi connectivity index (χ0v) is 13.6. The summed E-state index contributed by atoms with van der Waals surface area (Å²) < 4.78 is 15.9. The lowest BCUT2D eigenvalue weighted by molar-refractivity contribution is -0.129. The van der Waals surface area contributed by atoms with E-state index in [1.54, 1.807) is 24.3 Å². The first kappa shape index (κ1) is 16.3. The van der Waals surface area contributed by atoms with Gasteiger partial charge in [-0.3, -0.25) is 0 Å². The van der Waals surface area contributed by atoms with Crippen LogP contribution in [0.5, 0.6) is 11.5 Å². The topological polar surface area (TPSA) is 57.1 Å². The molecule has 1 aliphatic heterocycles. The summed E-state index contributed by atoms with van der Waals surface area (Å²) in [6, 6.07) is 14.5. The van der Waals surface area contributed by atoms with Gasteiger partial charge in [0, 0.05) is 5.56 Å². The number of cyclic esters (lactones) is 1. The van der Waals surface area contributed by atoms with Crippen LogP contribution in [0.25, 0.3) is 6.08 Å². The van der Waals surface area contributed by atoms with Crippen molar-refractivity contribution in [2.24, 2.45) is 4.99 Å². The highest BCUT2D eigenvalue weighted by atomic mass is 16.6. The van der Waals surface area contributed by atoms with Crippen LogP contribution < -0.4 is 9.47 Å². The molecular formula is C20H15NO4. The lowest BCUT2D eigenvalue weighted by Crippen LogP contribution is -2.04. The van der Waals surface area contributed by atoms with Crippen LogP contribution in [0.3, 0.4) is 0 Å². The highest BCUT2D eigenvalue weighted by Gasteiger charge is 2.24. The minimum Gasteiger partial charge on any atom is -0.493 e. The van der Waals surface area contributed by atoms with Gasteiger partial charge >= 0.3 is 5.97 Å². The molecule has 0 radical (unpaired) electrons. The zero-order valence-electron chi connectivity index (χ0n) is 13.6. The second kappa shape index (κ2) is 7.37. The molecule has 0 unspecified atom stereocenters. The summed E-state index contributed by atoms with van der Waals surface area (Å²) in [5.74, 6) is 3.24. The molecule has 0 fully saturated rings. The molecule has 124 valence electrons. The van der Waals surface area contributed by atoms with Crippen LogP contribution in [0.1, 0.15) is 11.1 Å². The molecule has 0 aromatic heterocycles. The third-order valence-electron chi connectivity index (χ3n) is 3.44. The fraction of sp³-hybridized carbons (Fsp3) is 0.100. The van der Waals surface area contributed by atoms with Crippen molar-refractivity contribution < 1.29 is 19.0 Å². The van der Waals surface area contributed by atoms with Crippen LogP contribution in [0.15, 0.2) is 59.2 Å². The van der Waals surface area contributed by atoms with E-state index in [4.69, 9.17) is 20.6 Å². The number of esters is 1. The van der Waals surface area contributed by atoms with E-state index < -0.39 is 5.97 Å². The van der Waals surface area contributed by atoms with E-state index in [2.05, 4.69) is 10.9 Å². The van der Waals surface area contributed by atoms with Gasteiger partial charge in [-0.1, -0.05) is 30.2 Å². The van der Waals surface area contributed by atoms with Crippen LogP contribution in [-0.4, -0.2) is 25.6 Å². The fourth-order valence-corrected chi connectivity index (χ4v) is 2.28. The Balaban J connectivity index is 1.88. The molecule has 0 amide bonds. The van der Waals surface area contributed by atoms with Crippen molar-refractivity contribution in [1.82, 2.24) is 0 Å². The number of hydrogen-bond acceptors (Lipinski definition) is 5. The minimum atomic E-state index is -0.495. The first-order chi connectivity index (χ1) is 12.2. The Bertz CT molecular complexity index is 892. The first-order valence-electron chi connectivity index (χ1n) is 7.53. The number of aliphatic imine (C=N–C) groups is 1. The van der Waals surface area contributed by atoms with Gasteiger partial charge in [0.05, 0.1) is 7.11 Å². The summed E-state index contributed by atoms with van der Waals surface area (Å²) in [6.45, 7) is 0.147. The van der Waals surface area contributed by atoms with Gasteiger partial charge in [-0.05, 0) is 35.9 Å². The fourth-order valence-electron chi connectivity index (χ4n) is 2.28. The van der Waals surface area contributed by atoms with Crippen molar-refractivity contribution in [3.63, 3.8) is 0 Å². The molecule has 2 aromatic rings. The van der Waals surface area contributed by atoms with Crippen molar-refractivity contribution in [1.29, 1.82) is 0 Å². The monoisotopic (exact) mass is 333 g/mol. The molecule has 5 nitrogen and oxygen atoms in total. The number of benzene rings is 2. The molecule has 25 heavy (non-hydrogen) atoms. The maximum atomic E-state index is 12.0. The summed E-state index contributed by atoms with van der Waals surface area (Å²) in [7, 11) is 1.53. The van der Waals surface area contributed by atoms with Crippen molar-refractivity contribution in [2.45, 2.75) is 0 Å². The van der Waals surface area contributed by atoms with Crippen LogP contribution >= 0.6 is 0 Å². The second-order valence-corrected chi connectivity index (χ2v) is 5.11. The van der Waals surface area contributed by atoms with Crippen molar-refractivity contribution in [2.75, 3.05) is 13.7 Å². The molecule has 0 N–H and O–H groups in total. The number of methoxy groups -OCH3 is 1. The molecule has 2 aromatic carbocycles. The van der Waals surface area contributed by atoms with E-state index in [9.17, 15) is 4.79 Å². The number of hydrogen-bond donors (Lipinski definition) is 0. The predicted molar refractivity (Wildman–Crippen MR) is 94.4 cm³/mol. The number of terminal acetylenes is 1. The predicted octanol–water partition coefficient (Wildman–Crippen LogP) is 3.05. The third-order valence-corrected chi connectivity index (χ3v) is 3.44. The molecule has 3 rings (SSSR count). The van der Waals surface area contributed by atoms with Gasteiger partial charge < -0.3 is 14.2 Å². The molecule has 0 aliphatic carbocycles. The van der Waals surface area contributed by atoms with E-state index in [0.717, 1.165) is 11.1 Å². The minimum absolute atomic E-state index is 0.147. The van der Waals surface area contributed by atoms with Crippen molar-refractivity contribution in [3.8, 4) is 23.8 Å². The summed E-state index contributed by atoms with van der Waals surface area (Å²) >= 11 is 0. The Morgan fingerprint density at radius 3 is 2.72 bits per heavy atom. The van der Waals surface area contributed by atoms with Crippen molar-refractivity contribution in [3.05, 3.63) is 65.4 Å². The number of rotatable bonds is 5. The number of nitrogens with zero attached hydrogens (tertiary/aromatic N) is 1. The van der Waals surface area contributed by atoms with Gasteiger partial charge in [0.2, 0.25) is 5.90 Å². The van der Waals surface area contributed by atoms with Crippen LogP contribution in [0, 0.1) is 12.3 Å². The Morgan fingerprint density at radius 2 is 2.00 bits per heavy atom. The molecule has 0 spiro atoms. The molecule has 0 atom stereocenters. The highest BCUT2D eigenvalue weighted by molar-refractivity contribution is 6.12. The molecule has 1 aliphatic rings. The first-order valence-corrected chi connectivity index (χ1v) is 7.53. The molecular weight excluding hydrogens is 318 g/mol. The quantitative estimate of drug-likeness (QED) is 0.479. The standard InChI is InChI=1S/C20H15NO4/c1-3-11-24-17-10-9-14(13-18(17)23-2)12-16-20(22)25-19(21-16)15-7-5-4-6-8-15/h1,4-10,12-13H,11H2,2H3. The van der Waals surface area contributed by atoms with E-state index in [0.29, 0.717) is 11.5 Å². The molecule has 1 heterocycles. The zero-order chi connectivity index (χ0) is 17.6. The Morgan fingerprint density at radius 1 is 1.20 bits per heavy atom. The maximum Gasteiger partial charge on any atom is 0.363 e. The maximum absolute atomic E-state index is 12.0. The average Bonchev–Trinajstić information content (AvgIpc) is 3.02. The van der Waals surface area contributed by atoms with Gasteiger partial charge in [0.15, 0.2) is 17.2 Å². The van der Waals surface area contributed by atoms with Crippen LogP contribution in [0.4, 0.5) is 0 Å². The van der Waals surface area contributed by atoms with Gasteiger partial charge in [-0.2, -0.15) is 0 Å². The summed E-state index contributed by atoms with van der Waals surface area (Å²) in [5, 5.41) is 0. The van der Waals surface area contributed by atoms with E-state index in [1.807, 2.05) is 30.3 Å². The van der Waals surface area contributed by atoms with Crippen LogP contribution in [-0.2, 0) is 9.53 Å². The van der Waals surface area contributed by atoms with Gasteiger partial charge in [0.1, 0.15) is 6.61 Å². The number of carbonyl (C=O) groups excluding carboxylic acids is 1. The average molecular weight is 333 g/mol. The van der Waals surface area contributed by atoms with E-state index >= 15 is 0 Å². The van der Waals surface area contributed by atoms with Gasteiger partial charge in [0.25, 0.3) is 0 Å². The summed E-state index contributed by atoms with van der Waals surface area (Å²) in [4.78, 5) is 16.3. The molecule has 0 bridgehead atoms. The SMILES string of the molecule is C#CCOc1ccc(C=C2N=C(c3ccccc3)OC2=O)cc1OC. The number of ether oxygens (including phenoxy) is 3. The lowest BCUT2D eigenvalue weighted by Gasteiger charge is -2.09. The lowest BCUT2D eigenvalue weighted by atomic mass is 10.1. The Labute approximate surface area is 145 Å². The van der Waals surface area contributed by atoms with E-state index in [-0.39, 0.29) is 18.2 Å². The number of carbonyl (C=O) groups is 1. The highest BCUT2D eigenvalue weighted by Crippen LogP contribution is 2.29. The third kappa shape index (κ3) is 3.70. The van der Waals surface area contributed by atoms with E-state index in [1.165, 1.54) is 7.11 Å². The second-order valence-electron chi connectivity index (χ2n) is 5.11. The van der Waals surface area contributed by atoms with Crippen LogP contribution in [0.2, 0.25) is 0 Å². The molecule has 5 heteroatoms. The summed E-state index contributed by atoms with van der Waals surface area (Å²) in [6.07, 6.45) is 6.82. The van der Waals surface area contributed by atoms with Gasteiger partial charge in [-0.25, -0.2) is 9.79 Å². The smallest absolute Gasteiger partial charge is 0.363 e. The van der Waals surface area contributed by atoms with Crippen molar-refractivity contribution >= 4 is 17.9 Å². The Kier molecular flexibility index (Phi) is 4.82. The Hall–Kier alpha value is -3.52. The summed E-state index contributed by atoms with van der Waals surface area (Å²) in [5.41, 5.74) is 1.70. The normalized spacial score (nSPS) is 14.6. The van der Waals surface area contributed by atoms with Gasteiger partial charge in [-0.15, -0.1) is 6.42 Å².